The predicted molar refractivity (Wildman–Crippen MR) is 81.2 cm³/mol. The van der Waals surface area contributed by atoms with E-state index in [9.17, 15) is 5.11 Å². The van der Waals surface area contributed by atoms with Gasteiger partial charge in [-0.05, 0) is 45.7 Å². The molecule has 1 unspecified atom stereocenters. The fourth-order valence-corrected chi connectivity index (χ4v) is 2.90. The number of hydrogen-bond acceptors (Lipinski definition) is 5. The highest BCUT2D eigenvalue weighted by Gasteiger charge is 2.22. The summed E-state index contributed by atoms with van der Waals surface area (Å²) in [5.74, 6) is 1.47. The SMILES string of the molecule is Cc1nc(Cl)cc(NCCCCN2CCCC2CO)n1. The molecule has 2 N–H and O–H groups in total. The van der Waals surface area contributed by atoms with E-state index in [0.29, 0.717) is 17.0 Å². The van der Waals surface area contributed by atoms with Gasteiger partial charge in [0.2, 0.25) is 0 Å². The maximum absolute atomic E-state index is 9.26. The van der Waals surface area contributed by atoms with Crippen LogP contribution in [-0.4, -0.2) is 52.3 Å². The zero-order chi connectivity index (χ0) is 14.4. The molecule has 0 aromatic carbocycles. The van der Waals surface area contributed by atoms with Gasteiger partial charge < -0.3 is 10.4 Å². The second kappa shape index (κ2) is 7.76. The minimum atomic E-state index is 0.289. The molecular weight excluding hydrogens is 276 g/mol. The minimum absolute atomic E-state index is 0.289. The lowest BCUT2D eigenvalue weighted by atomic mass is 10.2. The van der Waals surface area contributed by atoms with Crippen LogP contribution in [0.25, 0.3) is 0 Å². The quantitative estimate of drug-likeness (QED) is 0.596. The summed E-state index contributed by atoms with van der Waals surface area (Å²) >= 11 is 5.89. The predicted octanol–water partition coefficient (Wildman–Crippen LogP) is 2.09. The number of nitrogens with zero attached hydrogens (tertiary/aromatic N) is 3. The van der Waals surface area contributed by atoms with Gasteiger partial charge in [0.15, 0.2) is 0 Å². The van der Waals surface area contributed by atoms with Gasteiger partial charge in [-0.15, -0.1) is 0 Å². The Hall–Kier alpha value is -0.910. The zero-order valence-electron chi connectivity index (χ0n) is 12.0. The summed E-state index contributed by atoms with van der Waals surface area (Å²) in [6.07, 6.45) is 4.55. The Morgan fingerprint density at radius 1 is 1.45 bits per heavy atom. The molecule has 1 atom stereocenters. The van der Waals surface area contributed by atoms with Crippen molar-refractivity contribution < 1.29 is 5.11 Å². The number of aromatic nitrogens is 2. The summed E-state index contributed by atoms with van der Waals surface area (Å²) < 4.78 is 0. The number of hydrogen-bond donors (Lipinski definition) is 2. The Labute approximate surface area is 125 Å². The van der Waals surface area contributed by atoms with Crippen LogP contribution in [0, 0.1) is 6.92 Å². The molecule has 0 aliphatic carbocycles. The van der Waals surface area contributed by atoms with Crippen LogP contribution in [0.1, 0.15) is 31.5 Å². The number of aliphatic hydroxyl groups is 1. The highest BCUT2D eigenvalue weighted by molar-refractivity contribution is 6.29. The summed E-state index contributed by atoms with van der Waals surface area (Å²) in [6, 6.07) is 2.13. The highest BCUT2D eigenvalue weighted by Crippen LogP contribution is 2.17. The largest absolute Gasteiger partial charge is 0.395 e. The summed E-state index contributed by atoms with van der Waals surface area (Å²) in [7, 11) is 0. The lowest BCUT2D eigenvalue weighted by Gasteiger charge is -2.22. The summed E-state index contributed by atoms with van der Waals surface area (Å²) in [6.45, 7) is 5.19. The van der Waals surface area contributed by atoms with E-state index in [1.165, 1.54) is 6.42 Å². The van der Waals surface area contributed by atoms with Crippen LogP contribution < -0.4 is 5.32 Å². The Bertz CT molecular complexity index is 409. The third-order valence-corrected chi connectivity index (χ3v) is 3.89. The monoisotopic (exact) mass is 298 g/mol. The first-order valence-electron chi connectivity index (χ1n) is 7.29. The smallest absolute Gasteiger partial charge is 0.134 e. The van der Waals surface area contributed by atoms with Gasteiger partial charge >= 0.3 is 0 Å². The minimum Gasteiger partial charge on any atom is -0.395 e. The topological polar surface area (TPSA) is 61.3 Å². The maximum atomic E-state index is 9.26. The van der Waals surface area contributed by atoms with Gasteiger partial charge in [-0.1, -0.05) is 11.6 Å². The summed E-state index contributed by atoms with van der Waals surface area (Å²) in [5.41, 5.74) is 0. The molecule has 5 nitrogen and oxygen atoms in total. The van der Waals surface area contributed by atoms with Gasteiger partial charge in [0.1, 0.15) is 16.8 Å². The molecule has 0 saturated carbocycles. The maximum Gasteiger partial charge on any atom is 0.134 e. The van der Waals surface area contributed by atoms with Crippen molar-refractivity contribution in [3.63, 3.8) is 0 Å². The second-order valence-corrected chi connectivity index (χ2v) is 5.66. The third kappa shape index (κ3) is 4.58. The molecule has 1 aromatic rings. The zero-order valence-corrected chi connectivity index (χ0v) is 12.7. The average molecular weight is 299 g/mol. The van der Waals surface area contributed by atoms with E-state index >= 15 is 0 Å². The number of likely N-dealkylation sites (tertiary alicyclic amines) is 1. The number of aliphatic hydroxyl groups excluding tert-OH is 1. The van der Waals surface area contributed by atoms with Crippen LogP contribution in [-0.2, 0) is 0 Å². The molecular formula is C14H23ClN4O. The molecule has 1 saturated heterocycles. The molecule has 1 aliphatic heterocycles. The van der Waals surface area contributed by atoms with Crippen LogP contribution in [0.5, 0.6) is 0 Å². The Morgan fingerprint density at radius 3 is 3.05 bits per heavy atom. The number of aryl methyl sites for hydroxylation is 1. The fourth-order valence-electron chi connectivity index (χ4n) is 2.67. The second-order valence-electron chi connectivity index (χ2n) is 5.27. The van der Waals surface area contributed by atoms with Gasteiger partial charge in [-0.25, -0.2) is 9.97 Å². The van der Waals surface area contributed by atoms with Crippen molar-refractivity contribution in [3.05, 3.63) is 17.0 Å². The first-order chi connectivity index (χ1) is 9.69. The highest BCUT2D eigenvalue weighted by atomic mass is 35.5. The van der Waals surface area contributed by atoms with Crippen molar-refractivity contribution >= 4 is 17.4 Å². The average Bonchev–Trinajstić information content (AvgIpc) is 2.84. The van der Waals surface area contributed by atoms with Gasteiger partial charge in [-0.2, -0.15) is 0 Å². The van der Waals surface area contributed by atoms with Crippen molar-refractivity contribution in [1.82, 2.24) is 14.9 Å². The molecule has 20 heavy (non-hydrogen) atoms. The number of halogens is 1. The standard InChI is InChI=1S/C14H23ClN4O/c1-11-17-13(15)9-14(18-11)16-6-2-3-7-19-8-4-5-12(19)10-20/h9,12,20H,2-8,10H2,1H3,(H,16,17,18). The van der Waals surface area contributed by atoms with Crippen molar-refractivity contribution in [2.75, 3.05) is 31.6 Å². The van der Waals surface area contributed by atoms with Gasteiger partial charge in [0.25, 0.3) is 0 Å². The van der Waals surface area contributed by atoms with E-state index in [2.05, 4.69) is 20.2 Å². The number of nitrogens with one attached hydrogen (secondary N) is 1. The molecule has 2 rings (SSSR count). The molecule has 0 radical (unpaired) electrons. The van der Waals surface area contributed by atoms with Gasteiger partial charge in [0, 0.05) is 18.7 Å². The molecule has 112 valence electrons. The normalized spacial score (nSPS) is 19.4. The molecule has 2 heterocycles. The first-order valence-corrected chi connectivity index (χ1v) is 7.67. The molecule has 0 bridgehead atoms. The fraction of sp³-hybridized carbons (Fsp3) is 0.714. The van der Waals surface area contributed by atoms with E-state index in [0.717, 1.165) is 44.7 Å². The Balaban J connectivity index is 1.64. The molecule has 1 aliphatic rings. The van der Waals surface area contributed by atoms with E-state index in [-0.39, 0.29) is 6.61 Å². The number of rotatable bonds is 7. The lowest BCUT2D eigenvalue weighted by Crippen LogP contribution is -2.33. The van der Waals surface area contributed by atoms with Crippen LogP contribution in [0.2, 0.25) is 5.15 Å². The molecule has 0 amide bonds. The van der Waals surface area contributed by atoms with E-state index in [1.807, 2.05) is 6.92 Å². The van der Waals surface area contributed by atoms with Gasteiger partial charge in [-0.3, -0.25) is 4.90 Å². The summed E-state index contributed by atoms with van der Waals surface area (Å²) in [4.78, 5) is 10.7. The molecule has 0 spiro atoms. The van der Waals surface area contributed by atoms with Crippen LogP contribution >= 0.6 is 11.6 Å². The Morgan fingerprint density at radius 2 is 2.30 bits per heavy atom. The number of unbranched alkanes of at least 4 members (excludes halogenated alkanes) is 1. The lowest BCUT2D eigenvalue weighted by molar-refractivity contribution is 0.157. The number of anilines is 1. The van der Waals surface area contributed by atoms with E-state index in [4.69, 9.17) is 11.6 Å². The van der Waals surface area contributed by atoms with Crippen molar-refractivity contribution in [1.29, 1.82) is 0 Å². The molecule has 1 fully saturated rings. The van der Waals surface area contributed by atoms with Crippen LogP contribution in [0.4, 0.5) is 5.82 Å². The molecule has 1 aromatic heterocycles. The van der Waals surface area contributed by atoms with Gasteiger partial charge in [0.05, 0.1) is 6.61 Å². The Kier molecular flexibility index (Phi) is 6.01. The van der Waals surface area contributed by atoms with Crippen molar-refractivity contribution in [3.8, 4) is 0 Å². The summed E-state index contributed by atoms with van der Waals surface area (Å²) in [5, 5.41) is 13.0. The van der Waals surface area contributed by atoms with Crippen molar-refractivity contribution in [2.24, 2.45) is 0 Å². The first kappa shape index (κ1) is 15.5. The van der Waals surface area contributed by atoms with Crippen molar-refractivity contribution in [2.45, 2.75) is 38.6 Å². The van der Waals surface area contributed by atoms with E-state index in [1.54, 1.807) is 6.07 Å². The van der Waals surface area contributed by atoms with Crippen LogP contribution in [0.3, 0.4) is 0 Å². The third-order valence-electron chi connectivity index (χ3n) is 3.69. The van der Waals surface area contributed by atoms with E-state index < -0.39 is 0 Å². The molecule has 6 heteroatoms. The van der Waals surface area contributed by atoms with Crippen LogP contribution in [0.15, 0.2) is 6.07 Å².